The van der Waals surface area contributed by atoms with E-state index in [1.807, 2.05) is 13.8 Å². The van der Waals surface area contributed by atoms with Crippen LogP contribution < -0.4 is 5.32 Å². The summed E-state index contributed by atoms with van der Waals surface area (Å²) in [5, 5.41) is 20.4. The minimum Gasteiger partial charge on any atom is -0.481 e. The van der Waals surface area contributed by atoms with Crippen molar-refractivity contribution in [1.29, 1.82) is 0 Å². The molecule has 116 valence electrons. The number of nitrogens with one attached hydrogen (secondary N) is 1. The first kappa shape index (κ1) is 16.9. The molecule has 0 radical (unpaired) electrons. The highest BCUT2D eigenvalue weighted by Crippen LogP contribution is 2.23. The minimum atomic E-state index is -1.04. The highest BCUT2D eigenvalue weighted by atomic mass is 16.7. The summed E-state index contributed by atoms with van der Waals surface area (Å²) in [6.45, 7) is 5.72. The lowest BCUT2D eigenvalue weighted by Crippen LogP contribution is -2.42. The molecule has 1 rings (SSSR count). The Kier molecular flexibility index (Phi) is 6.38. The lowest BCUT2D eigenvalue weighted by Gasteiger charge is -2.34. The number of aliphatic carboxylic acids is 2. The van der Waals surface area contributed by atoms with Crippen molar-refractivity contribution in [3.8, 4) is 0 Å². The minimum absolute atomic E-state index is 0.00894. The van der Waals surface area contributed by atoms with Gasteiger partial charge in [-0.3, -0.25) is 9.59 Å². The van der Waals surface area contributed by atoms with Crippen LogP contribution in [0.1, 0.15) is 33.1 Å². The molecule has 3 N–H and O–H groups in total. The first-order valence-corrected chi connectivity index (χ1v) is 6.71. The molecule has 1 aliphatic heterocycles. The molecule has 1 heterocycles. The number of carboxylic acid groups (broad SMARTS) is 2. The van der Waals surface area contributed by atoms with Gasteiger partial charge in [0.2, 0.25) is 0 Å². The molecular weight excluding hydrogens is 266 g/mol. The predicted octanol–water partition coefficient (Wildman–Crippen LogP) is 0.683. The molecule has 0 aromatic heterocycles. The Morgan fingerprint density at radius 3 is 2.40 bits per heavy atom. The van der Waals surface area contributed by atoms with Gasteiger partial charge in [-0.2, -0.15) is 0 Å². The molecule has 0 saturated carbocycles. The number of ether oxygens (including phenoxy) is 2. The summed E-state index contributed by atoms with van der Waals surface area (Å²) in [6, 6.07) is -0.855. The van der Waals surface area contributed by atoms with Crippen LogP contribution in [0.2, 0.25) is 0 Å². The Balaban J connectivity index is 2.24. The van der Waals surface area contributed by atoms with Gasteiger partial charge in [-0.15, -0.1) is 0 Å². The Morgan fingerprint density at radius 2 is 1.90 bits per heavy atom. The fourth-order valence-electron chi connectivity index (χ4n) is 1.85. The maximum absolute atomic E-state index is 11.0. The average molecular weight is 289 g/mol. The Hall–Kier alpha value is -1.18. The van der Waals surface area contributed by atoms with Crippen molar-refractivity contribution < 1.29 is 29.3 Å². The van der Waals surface area contributed by atoms with E-state index in [-0.39, 0.29) is 24.5 Å². The van der Waals surface area contributed by atoms with Crippen LogP contribution >= 0.6 is 0 Å². The van der Waals surface area contributed by atoms with Crippen LogP contribution in [0.5, 0.6) is 0 Å². The fraction of sp³-hybridized carbons (Fsp3) is 0.846. The number of carbonyl (C=O) groups is 2. The first-order chi connectivity index (χ1) is 9.30. The second-order valence-electron chi connectivity index (χ2n) is 5.78. The summed E-state index contributed by atoms with van der Waals surface area (Å²) in [5.41, 5.74) is 0.00894. The topological polar surface area (TPSA) is 105 Å². The summed E-state index contributed by atoms with van der Waals surface area (Å²) in [7, 11) is 0. The van der Waals surface area contributed by atoms with Gasteiger partial charge >= 0.3 is 11.9 Å². The molecule has 0 spiro atoms. The highest BCUT2D eigenvalue weighted by molar-refractivity contribution is 5.75. The summed E-state index contributed by atoms with van der Waals surface area (Å²) in [5.74, 6) is -2.04. The van der Waals surface area contributed by atoms with Gasteiger partial charge in [-0.1, -0.05) is 13.8 Å². The number of hydrogen-bond acceptors (Lipinski definition) is 5. The van der Waals surface area contributed by atoms with Crippen LogP contribution in [0, 0.1) is 5.41 Å². The Morgan fingerprint density at radius 1 is 1.30 bits per heavy atom. The van der Waals surface area contributed by atoms with Crippen LogP contribution in [0.3, 0.4) is 0 Å². The van der Waals surface area contributed by atoms with Crippen LogP contribution in [0.15, 0.2) is 0 Å². The smallest absolute Gasteiger partial charge is 0.320 e. The van der Waals surface area contributed by atoms with Crippen LogP contribution in [-0.2, 0) is 19.1 Å². The van der Waals surface area contributed by atoms with Crippen molar-refractivity contribution in [1.82, 2.24) is 5.32 Å². The summed E-state index contributed by atoms with van der Waals surface area (Å²) < 4.78 is 11.1. The van der Waals surface area contributed by atoms with E-state index in [1.165, 1.54) is 0 Å². The van der Waals surface area contributed by atoms with E-state index in [1.54, 1.807) is 0 Å². The normalized spacial score (nSPS) is 20.5. The van der Waals surface area contributed by atoms with Crippen molar-refractivity contribution in [2.45, 2.75) is 45.4 Å². The molecule has 0 bridgehead atoms. The molecule has 0 amide bonds. The van der Waals surface area contributed by atoms with Gasteiger partial charge < -0.3 is 25.0 Å². The van der Waals surface area contributed by atoms with Gasteiger partial charge in [-0.25, -0.2) is 0 Å². The van der Waals surface area contributed by atoms with E-state index in [0.717, 1.165) is 0 Å². The number of hydrogen-bond donors (Lipinski definition) is 3. The van der Waals surface area contributed by atoms with E-state index in [2.05, 4.69) is 5.32 Å². The predicted molar refractivity (Wildman–Crippen MR) is 70.4 cm³/mol. The second kappa shape index (κ2) is 7.56. The molecule has 1 aliphatic rings. The standard InChI is InChI=1S/C13H23NO6/c1-13(2)7-19-11(20-8-13)5-6-14-9(12(17)18)3-4-10(15)16/h9,11,14H,3-8H2,1-2H3,(H,15,16)(H,17,18). The molecule has 1 unspecified atom stereocenters. The van der Waals surface area contributed by atoms with E-state index in [0.29, 0.717) is 26.2 Å². The lowest BCUT2D eigenvalue weighted by atomic mass is 9.95. The molecule has 0 aromatic carbocycles. The SMILES string of the molecule is CC1(C)COC(CCNC(CCC(=O)O)C(=O)O)OC1. The second-order valence-corrected chi connectivity index (χ2v) is 5.78. The zero-order valence-electron chi connectivity index (χ0n) is 11.9. The zero-order chi connectivity index (χ0) is 15.2. The van der Waals surface area contributed by atoms with Crippen LogP contribution in [-0.4, -0.2) is 54.2 Å². The average Bonchev–Trinajstić information content (AvgIpc) is 2.34. The summed E-state index contributed by atoms with van der Waals surface area (Å²) in [4.78, 5) is 21.4. The van der Waals surface area contributed by atoms with E-state index in [4.69, 9.17) is 19.7 Å². The van der Waals surface area contributed by atoms with Gasteiger partial charge in [0.15, 0.2) is 6.29 Å². The van der Waals surface area contributed by atoms with Gasteiger partial charge in [-0.05, 0) is 6.42 Å². The van der Waals surface area contributed by atoms with Gasteiger partial charge in [0.05, 0.1) is 13.2 Å². The van der Waals surface area contributed by atoms with E-state index in [9.17, 15) is 9.59 Å². The summed E-state index contributed by atoms with van der Waals surface area (Å²) in [6.07, 6.45) is 0.0930. The molecular formula is C13H23NO6. The van der Waals surface area contributed by atoms with Gasteiger partial charge in [0, 0.05) is 24.8 Å². The van der Waals surface area contributed by atoms with Crippen molar-refractivity contribution in [2.75, 3.05) is 19.8 Å². The largest absolute Gasteiger partial charge is 0.481 e. The molecule has 1 atom stereocenters. The maximum Gasteiger partial charge on any atom is 0.320 e. The first-order valence-electron chi connectivity index (χ1n) is 6.71. The summed E-state index contributed by atoms with van der Waals surface area (Å²) >= 11 is 0. The van der Waals surface area contributed by atoms with Crippen LogP contribution in [0.25, 0.3) is 0 Å². The molecule has 20 heavy (non-hydrogen) atoms. The molecule has 7 heteroatoms. The third kappa shape index (κ3) is 6.31. The quantitative estimate of drug-likeness (QED) is 0.603. The van der Waals surface area contributed by atoms with Crippen molar-refractivity contribution >= 4 is 11.9 Å². The molecule has 1 saturated heterocycles. The lowest BCUT2D eigenvalue weighted by molar-refractivity contribution is -0.223. The van der Waals surface area contributed by atoms with Crippen molar-refractivity contribution in [3.05, 3.63) is 0 Å². The maximum atomic E-state index is 11.0. The monoisotopic (exact) mass is 289 g/mol. The van der Waals surface area contributed by atoms with E-state index >= 15 is 0 Å². The Bertz CT molecular complexity index is 334. The number of carboxylic acids is 2. The molecule has 7 nitrogen and oxygen atoms in total. The van der Waals surface area contributed by atoms with Gasteiger partial charge in [0.1, 0.15) is 6.04 Å². The zero-order valence-corrected chi connectivity index (χ0v) is 11.9. The third-order valence-corrected chi connectivity index (χ3v) is 3.04. The van der Waals surface area contributed by atoms with Crippen LogP contribution in [0.4, 0.5) is 0 Å². The van der Waals surface area contributed by atoms with Crippen molar-refractivity contribution in [3.63, 3.8) is 0 Å². The molecule has 1 fully saturated rings. The van der Waals surface area contributed by atoms with E-state index < -0.39 is 18.0 Å². The van der Waals surface area contributed by atoms with Crippen molar-refractivity contribution in [2.24, 2.45) is 5.41 Å². The fourth-order valence-corrected chi connectivity index (χ4v) is 1.85. The molecule has 0 aliphatic carbocycles. The Labute approximate surface area is 118 Å². The highest BCUT2D eigenvalue weighted by Gasteiger charge is 2.28. The molecule has 0 aromatic rings. The van der Waals surface area contributed by atoms with Gasteiger partial charge in [0.25, 0.3) is 0 Å². The third-order valence-electron chi connectivity index (χ3n) is 3.04. The number of rotatable bonds is 8.